The molecule has 0 fully saturated rings. The van der Waals surface area contributed by atoms with Crippen molar-refractivity contribution in [3.05, 3.63) is 70.5 Å². The molecule has 0 aliphatic carbocycles. The fourth-order valence-corrected chi connectivity index (χ4v) is 3.55. The minimum absolute atomic E-state index is 0.109. The molecule has 3 aromatic rings. The van der Waals surface area contributed by atoms with E-state index in [1.54, 1.807) is 48.4 Å². The highest BCUT2D eigenvalue weighted by Crippen LogP contribution is 2.30. The first-order valence-electron chi connectivity index (χ1n) is 8.63. The molecule has 0 saturated heterocycles. The SMILES string of the molecule is COc1ccc(N2CCc3c(C(N)=O)nn(-c4cccc(Cl)c4)c3C2=O)cc1. The third-order valence-electron chi connectivity index (χ3n) is 4.69. The maximum atomic E-state index is 13.3. The Morgan fingerprint density at radius 1 is 1.18 bits per heavy atom. The Balaban J connectivity index is 1.83. The maximum absolute atomic E-state index is 13.3. The number of fused-ring (bicyclic) bond motifs is 1. The second-order valence-electron chi connectivity index (χ2n) is 6.34. The topological polar surface area (TPSA) is 90.4 Å². The van der Waals surface area contributed by atoms with Crippen LogP contribution >= 0.6 is 11.6 Å². The monoisotopic (exact) mass is 396 g/mol. The molecule has 142 valence electrons. The summed E-state index contributed by atoms with van der Waals surface area (Å²) in [5.41, 5.74) is 7.80. The fourth-order valence-electron chi connectivity index (χ4n) is 3.36. The van der Waals surface area contributed by atoms with Gasteiger partial charge in [0.1, 0.15) is 11.4 Å². The van der Waals surface area contributed by atoms with Gasteiger partial charge in [0, 0.05) is 22.8 Å². The normalized spacial score (nSPS) is 13.4. The molecule has 0 radical (unpaired) electrons. The molecule has 2 heterocycles. The molecule has 1 aliphatic heterocycles. The molecule has 0 atom stereocenters. The quantitative estimate of drug-likeness (QED) is 0.734. The number of halogens is 1. The van der Waals surface area contributed by atoms with Crippen LogP contribution in [0.15, 0.2) is 48.5 Å². The third kappa shape index (κ3) is 2.99. The largest absolute Gasteiger partial charge is 0.497 e. The van der Waals surface area contributed by atoms with E-state index in [1.165, 1.54) is 4.68 Å². The minimum atomic E-state index is -0.664. The van der Waals surface area contributed by atoms with Crippen molar-refractivity contribution in [3.63, 3.8) is 0 Å². The van der Waals surface area contributed by atoms with E-state index in [0.717, 1.165) is 5.69 Å². The van der Waals surface area contributed by atoms with Crippen molar-refractivity contribution in [2.45, 2.75) is 6.42 Å². The first kappa shape index (κ1) is 18.1. The van der Waals surface area contributed by atoms with Crippen LogP contribution in [0.5, 0.6) is 5.75 Å². The zero-order chi connectivity index (χ0) is 19.8. The van der Waals surface area contributed by atoms with E-state index in [4.69, 9.17) is 22.1 Å². The lowest BCUT2D eigenvalue weighted by molar-refractivity contribution is 0.0972. The van der Waals surface area contributed by atoms with Gasteiger partial charge in [0.25, 0.3) is 11.8 Å². The zero-order valence-electron chi connectivity index (χ0n) is 15.1. The van der Waals surface area contributed by atoms with Crippen molar-refractivity contribution >= 4 is 29.1 Å². The third-order valence-corrected chi connectivity index (χ3v) is 4.92. The van der Waals surface area contributed by atoms with E-state index in [-0.39, 0.29) is 11.6 Å². The molecule has 2 aromatic carbocycles. The van der Waals surface area contributed by atoms with Gasteiger partial charge in [-0.25, -0.2) is 4.68 Å². The maximum Gasteiger partial charge on any atom is 0.277 e. The number of benzene rings is 2. The van der Waals surface area contributed by atoms with E-state index in [9.17, 15) is 9.59 Å². The Kier molecular flexibility index (Phi) is 4.52. The Hall–Kier alpha value is -3.32. The number of primary amides is 1. The number of methoxy groups -OCH3 is 1. The summed E-state index contributed by atoms with van der Waals surface area (Å²) in [6.45, 7) is 0.416. The van der Waals surface area contributed by atoms with Crippen LogP contribution in [0, 0.1) is 0 Å². The highest BCUT2D eigenvalue weighted by atomic mass is 35.5. The van der Waals surface area contributed by atoms with Gasteiger partial charge in [-0.05, 0) is 48.9 Å². The van der Waals surface area contributed by atoms with Gasteiger partial charge in [0.05, 0.1) is 12.8 Å². The highest BCUT2D eigenvalue weighted by molar-refractivity contribution is 6.30. The van der Waals surface area contributed by atoms with Gasteiger partial charge < -0.3 is 15.4 Å². The van der Waals surface area contributed by atoms with Crippen molar-refractivity contribution < 1.29 is 14.3 Å². The fraction of sp³-hybridized carbons (Fsp3) is 0.150. The summed E-state index contributed by atoms with van der Waals surface area (Å²) in [6.07, 6.45) is 0.464. The van der Waals surface area contributed by atoms with Crippen molar-refractivity contribution in [1.29, 1.82) is 0 Å². The lowest BCUT2D eigenvalue weighted by Crippen LogP contribution is -2.39. The summed E-state index contributed by atoms with van der Waals surface area (Å²) in [5.74, 6) is -0.219. The molecule has 28 heavy (non-hydrogen) atoms. The van der Waals surface area contributed by atoms with Crippen LogP contribution in [0.3, 0.4) is 0 Å². The summed E-state index contributed by atoms with van der Waals surface area (Å²) in [4.78, 5) is 26.9. The summed E-state index contributed by atoms with van der Waals surface area (Å²) < 4.78 is 6.62. The molecule has 7 nitrogen and oxygen atoms in total. The second-order valence-corrected chi connectivity index (χ2v) is 6.77. The number of hydrogen-bond donors (Lipinski definition) is 1. The van der Waals surface area contributed by atoms with E-state index >= 15 is 0 Å². The van der Waals surface area contributed by atoms with Gasteiger partial charge >= 0.3 is 0 Å². The zero-order valence-corrected chi connectivity index (χ0v) is 15.8. The molecule has 0 unspecified atom stereocenters. The van der Waals surface area contributed by atoms with Crippen LogP contribution < -0.4 is 15.4 Å². The average Bonchev–Trinajstić information content (AvgIpc) is 3.09. The Bertz CT molecular complexity index is 1080. The standard InChI is InChI=1S/C20H17ClN4O3/c1-28-15-7-5-13(6-8-15)24-10-9-16-17(19(22)26)23-25(18(16)20(24)27)14-4-2-3-12(21)11-14/h2-8,11H,9-10H2,1H3,(H2,22,26). The molecular formula is C20H17ClN4O3. The van der Waals surface area contributed by atoms with Gasteiger partial charge in [-0.1, -0.05) is 17.7 Å². The highest BCUT2D eigenvalue weighted by Gasteiger charge is 2.34. The van der Waals surface area contributed by atoms with Crippen LogP contribution in [0.1, 0.15) is 26.5 Å². The molecule has 1 aromatic heterocycles. The first-order valence-corrected chi connectivity index (χ1v) is 9.01. The van der Waals surface area contributed by atoms with Crippen LogP contribution in [-0.2, 0) is 6.42 Å². The van der Waals surface area contributed by atoms with Crippen LogP contribution in [0.2, 0.25) is 5.02 Å². The molecule has 0 spiro atoms. The van der Waals surface area contributed by atoms with Crippen LogP contribution in [-0.4, -0.2) is 35.2 Å². The average molecular weight is 397 g/mol. The number of rotatable bonds is 4. The molecule has 2 amide bonds. The van der Waals surface area contributed by atoms with Gasteiger partial charge in [-0.15, -0.1) is 0 Å². The van der Waals surface area contributed by atoms with Crippen molar-refractivity contribution in [3.8, 4) is 11.4 Å². The van der Waals surface area contributed by atoms with Gasteiger partial charge in [0.2, 0.25) is 0 Å². The smallest absolute Gasteiger partial charge is 0.277 e. The predicted molar refractivity (Wildman–Crippen MR) is 105 cm³/mol. The lowest BCUT2D eigenvalue weighted by atomic mass is 10.0. The summed E-state index contributed by atoms with van der Waals surface area (Å²) in [5, 5.41) is 4.82. The number of hydrogen-bond acceptors (Lipinski definition) is 4. The summed E-state index contributed by atoms with van der Waals surface area (Å²) in [7, 11) is 1.59. The Morgan fingerprint density at radius 3 is 2.57 bits per heavy atom. The van der Waals surface area contributed by atoms with Crippen molar-refractivity contribution in [2.24, 2.45) is 5.73 Å². The molecule has 1 aliphatic rings. The molecule has 2 N–H and O–H groups in total. The minimum Gasteiger partial charge on any atom is -0.497 e. The summed E-state index contributed by atoms with van der Waals surface area (Å²) >= 11 is 6.10. The number of amides is 2. The number of nitrogens with two attached hydrogens (primary N) is 1. The lowest BCUT2D eigenvalue weighted by Gasteiger charge is -2.27. The van der Waals surface area contributed by atoms with Crippen LogP contribution in [0.25, 0.3) is 5.69 Å². The molecular weight excluding hydrogens is 380 g/mol. The van der Waals surface area contributed by atoms with E-state index in [0.29, 0.717) is 40.7 Å². The van der Waals surface area contributed by atoms with E-state index in [1.807, 2.05) is 12.1 Å². The second kappa shape index (κ2) is 7.01. The van der Waals surface area contributed by atoms with E-state index in [2.05, 4.69) is 5.10 Å². The van der Waals surface area contributed by atoms with E-state index < -0.39 is 5.91 Å². The molecule has 0 bridgehead atoms. The van der Waals surface area contributed by atoms with Crippen molar-refractivity contribution in [2.75, 3.05) is 18.6 Å². The number of anilines is 1. The van der Waals surface area contributed by atoms with Gasteiger partial charge in [0.15, 0.2) is 5.69 Å². The number of carbonyl (C=O) groups is 2. The summed E-state index contributed by atoms with van der Waals surface area (Å²) in [6, 6.07) is 14.1. The Morgan fingerprint density at radius 2 is 1.93 bits per heavy atom. The van der Waals surface area contributed by atoms with Crippen molar-refractivity contribution in [1.82, 2.24) is 9.78 Å². The molecule has 0 saturated carbocycles. The van der Waals surface area contributed by atoms with Gasteiger partial charge in [-0.3, -0.25) is 9.59 Å². The molecule has 8 heteroatoms. The van der Waals surface area contributed by atoms with Gasteiger partial charge in [-0.2, -0.15) is 5.10 Å². The number of ether oxygens (including phenoxy) is 1. The number of aromatic nitrogens is 2. The molecule has 4 rings (SSSR count). The number of carbonyl (C=O) groups excluding carboxylic acids is 2. The Labute approximate surface area is 166 Å². The first-order chi connectivity index (χ1) is 13.5. The number of nitrogens with zero attached hydrogens (tertiary/aromatic N) is 3. The predicted octanol–water partition coefficient (Wildman–Crippen LogP) is 2.84. The van der Waals surface area contributed by atoms with Crippen LogP contribution in [0.4, 0.5) is 5.69 Å².